The number of halogens is 4. The molecule has 1 rings (SSSR count). The average molecular weight is 543 g/mol. The SMILES string of the molecule is CN(C)[P@@]1(Br)=NP(Br)(Br)=N[P@@](Br)(N(C)C)=N1. The van der Waals surface area contributed by atoms with E-state index in [1.54, 1.807) is 0 Å². The highest BCUT2D eigenvalue weighted by Crippen LogP contribution is 2.88. The van der Waals surface area contributed by atoms with Crippen LogP contribution in [0.4, 0.5) is 0 Å². The number of hydrogen-bond acceptors (Lipinski definition) is 5. The molecule has 2 atom stereocenters. The maximum atomic E-state index is 4.78. The van der Waals surface area contributed by atoms with Crippen molar-refractivity contribution in [3.05, 3.63) is 0 Å². The summed E-state index contributed by atoms with van der Waals surface area (Å²) in [6, 6.07) is -4.03. The maximum absolute atomic E-state index is 4.78. The van der Waals surface area contributed by atoms with E-state index < -0.39 is 16.7 Å². The molecule has 0 saturated carbocycles. The minimum Gasteiger partial charge on any atom is -0.250 e. The van der Waals surface area contributed by atoms with Crippen molar-refractivity contribution in [1.29, 1.82) is 0 Å². The summed E-state index contributed by atoms with van der Waals surface area (Å²) in [4.78, 5) is 0. The van der Waals surface area contributed by atoms with Crippen LogP contribution in [0.1, 0.15) is 0 Å². The zero-order chi connectivity index (χ0) is 12.8. The fourth-order valence-electron chi connectivity index (χ4n) is 0.792. The zero-order valence-electron chi connectivity index (χ0n) is 9.09. The van der Waals surface area contributed by atoms with Crippen LogP contribution in [-0.2, 0) is 0 Å². The molecule has 1 aliphatic heterocycles. The van der Waals surface area contributed by atoms with E-state index in [1.807, 2.05) is 37.5 Å². The molecule has 0 fully saturated rings. The Kier molecular flexibility index (Phi) is 5.69. The molecule has 0 spiro atoms. The van der Waals surface area contributed by atoms with Crippen molar-refractivity contribution in [2.75, 3.05) is 28.2 Å². The zero-order valence-corrected chi connectivity index (χ0v) is 18.1. The smallest absolute Gasteiger partial charge is 0.212 e. The Bertz CT molecular complexity index is 437. The highest BCUT2D eigenvalue weighted by molar-refractivity contribution is 9.71. The standard InChI is InChI=1S/C4H12Br4N5P3/c1-12(2)15(7)9-14(5,6)10-16(8,11-15)13(3)4/h1-4H3/t15-,16+. The van der Waals surface area contributed by atoms with Crippen molar-refractivity contribution in [2.45, 2.75) is 0 Å². The van der Waals surface area contributed by atoms with Gasteiger partial charge in [-0.05, 0) is 59.2 Å². The molecular formula is C4H12Br4N5P3. The summed E-state index contributed by atoms with van der Waals surface area (Å²) in [6.45, 7) is 0. The van der Waals surface area contributed by atoms with Gasteiger partial charge < -0.3 is 0 Å². The average Bonchev–Trinajstić information content (AvgIpc) is 1.98. The second kappa shape index (κ2) is 5.49. The molecule has 0 radical (unpaired) electrons. The molecule has 0 N–H and O–H groups in total. The molecule has 1 aliphatic rings. The Hall–Kier alpha value is 2.53. The van der Waals surface area contributed by atoms with Crippen molar-refractivity contribution in [3.63, 3.8) is 0 Å². The topological polar surface area (TPSA) is 43.6 Å². The Balaban J connectivity index is 3.56. The molecule has 0 aromatic heterocycles. The molecule has 1 heterocycles. The second-order valence-corrected chi connectivity index (χ2v) is 24.5. The van der Waals surface area contributed by atoms with Gasteiger partial charge in [0.1, 0.15) is 0 Å². The molecule has 0 unspecified atom stereocenters. The lowest BCUT2D eigenvalue weighted by atomic mass is 11.3. The van der Waals surface area contributed by atoms with E-state index in [0.717, 1.165) is 0 Å². The quantitative estimate of drug-likeness (QED) is 0.372. The largest absolute Gasteiger partial charge is 0.250 e. The van der Waals surface area contributed by atoms with E-state index in [-0.39, 0.29) is 0 Å². The molecule has 0 amide bonds. The molecule has 5 nitrogen and oxygen atoms in total. The minimum atomic E-state index is -2.01. The van der Waals surface area contributed by atoms with Gasteiger partial charge in [-0.3, -0.25) is 0 Å². The first-order valence-corrected chi connectivity index (χ1v) is 17.1. The van der Waals surface area contributed by atoms with Crippen LogP contribution in [0.25, 0.3) is 0 Å². The number of hydrogen-bond donors (Lipinski definition) is 0. The second-order valence-electron chi connectivity index (χ2n) is 3.41. The molecule has 0 saturated heterocycles. The summed E-state index contributed by atoms with van der Waals surface area (Å²) in [5.41, 5.74) is 0. The Morgan fingerprint density at radius 2 is 1.06 bits per heavy atom. The van der Waals surface area contributed by atoms with Gasteiger partial charge in [0.05, 0.1) is 0 Å². The Morgan fingerprint density at radius 3 is 1.44 bits per heavy atom. The maximum Gasteiger partial charge on any atom is 0.212 e. The van der Waals surface area contributed by atoms with E-state index in [0.29, 0.717) is 0 Å². The third-order valence-corrected chi connectivity index (χ3v) is 23.1. The molecule has 16 heavy (non-hydrogen) atoms. The highest BCUT2D eigenvalue weighted by Gasteiger charge is 2.34. The van der Waals surface area contributed by atoms with Crippen molar-refractivity contribution in [2.24, 2.45) is 13.5 Å². The van der Waals surface area contributed by atoms with Gasteiger partial charge in [0, 0.05) is 31.0 Å². The molecule has 0 aliphatic carbocycles. The van der Waals surface area contributed by atoms with Crippen molar-refractivity contribution >= 4 is 78.7 Å². The predicted octanol–water partition coefficient (Wildman–Crippen LogP) is 6.54. The van der Waals surface area contributed by atoms with Crippen LogP contribution in [0.15, 0.2) is 13.5 Å². The van der Waals surface area contributed by atoms with E-state index >= 15 is 0 Å². The van der Waals surface area contributed by atoms with Gasteiger partial charge in [0.2, 0.25) is 16.7 Å². The molecule has 0 bridgehead atoms. The monoisotopic (exact) mass is 539 g/mol. The van der Waals surface area contributed by atoms with E-state index in [2.05, 4.69) is 71.0 Å². The Morgan fingerprint density at radius 1 is 0.688 bits per heavy atom. The van der Waals surface area contributed by atoms with Crippen LogP contribution in [0.3, 0.4) is 0 Å². The predicted molar refractivity (Wildman–Crippen MR) is 91.1 cm³/mol. The summed E-state index contributed by atoms with van der Waals surface area (Å²) >= 11 is 14.4. The first-order chi connectivity index (χ1) is 7.01. The van der Waals surface area contributed by atoms with Crippen LogP contribution < -0.4 is 0 Å². The van der Waals surface area contributed by atoms with Gasteiger partial charge in [-0.2, -0.15) is 13.5 Å². The van der Waals surface area contributed by atoms with Gasteiger partial charge in [-0.1, -0.05) is 0 Å². The van der Waals surface area contributed by atoms with E-state index in [9.17, 15) is 0 Å². The van der Waals surface area contributed by atoms with Gasteiger partial charge in [0.25, 0.3) is 0 Å². The van der Waals surface area contributed by atoms with Crippen LogP contribution in [-0.4, -0.2) is 37.5 Å². The normalized spacial score (nSPS) is 37.9. The fourth-order valence-corrected chi connectivity index (χ4v) is 31.0. The summed E-state index contributed by atoms with van der Waals surface area (Å²) in [5.74, 6) is 0. The summed E-state index contributed by atoms with van der Waals surface area (Å²) in [6.07, 6.45) is 0. The van der Waals surface area contributed by atoms with Gasteiger partial charge in [0.15, 0.2) is 0 Å². The molecular weight excluding hydrogens is 531 g/mol. The minimum absolute atomic E-state index is 1.97. The van der Waals surface area contributed by atoms with Crippen molar-refractivity contribution in [1.82, 2.24) is 9.34 Å². The van der Waals surface area contributed by atoms with Gasteiger partial charge >= 0.3 is 0 Å². The van der Waals surface area contributed by atoms with Crippen molar-refractivity contribution in [3.8, 4) is 0 Å². The fraction of sp³-hybridized carbons (Fsp3) is 1.00. The lowest BCUT2D eigenvalue weighted by Crippen LogP contribution is -2.07. The van der Waals surface area contributed by atoms with Gasteiger partial charge in [-0.25, -0.2) is 9.34 Å². The first kappa shape index (κ1) is 16.6. The van der Waals surface area contributed by atoms with Crippen LogP contribution in [0.2, 0.25) is 0 Å². The van der Waals surface area contributed by atoms with Crippen LogP contribution in [0.5, 0.6) is 0 Å². The molecule has 96 valence electrons. The summed E-state index contributed by atoms with van der Waals surface area (Å²) < 4.78 is 16.1. The number of rotatable bonds is 2. The molecule has 0 aromatic rings. The van der Waals surface area contributed by atoms with Crippen LogP contribution in [0, 0.1) is 0 Å². The highest BCUT2D eigenvalue weighted by atomic mass is 79.9. The lowest BCUT2D eigenvalue weighted by Gasteiger charge is -2.32. The third kappa shape index (κ3) is 3.77. The lowest BCUT2D eigenvalue weighted by molar-refractivity contribution is 0.671. The number of nitrogens with zero attached hydrogens (tertiary/aromatic N) is 5. The van der Waals surface area contributed by atoms with Crippen LogP contribution >= 0.6 is 78.7 Å². The van der Waals surface area contributed by atoms with Gasteiger partial charge in [-0.15, -0.1) is 0 Å². The molecule has 0 aromatic carbocycles. The summed E-state index contributed by atoms with van der Waals surface area (Å²) in [7, 11) is 7.86. The van der Waals surface area contributed by atoms with E-state index in [1.165, 1.54) is 0 Å². The first-order valence-electron chi connectivity index (χ1n) is 4.06. The Labute approximate surface area is 129 Å². The van der Waals surface area contributed by atoms with Crippen molar-refractivity contribution < 1.29 is 0 Å². The molecule has 12 heteroatoms. The summed E-state index contributed by atoms with van der Waals surface area (Å²) in [5, 5.41) is 0. The third-order valence-electron chi connectivity index (χ3n) is 1.69. The van der Waals surface area contributed by atoms with E-state index in [4.69, 9.17) is 4.52 Å².